The number of hydrogen-bond acceptors (Lipinski definition) is 2. The van der Waals surface area contributed by atoms with Gasteiger partial charge in [-0.1, -0.05) is 30.7 Å². The third-order valence-electron chi connectivity index (χ3n) is 2.52. The van der Waals surface area contributed by atoms with Crippen molar-refractivity contribution in [1.82, 2.24) is 0 Å². The maximum absolute atomic E-state index is 6.14. The number of methoxy groups -OCH3 is 1. The zero-order valence-electron chi connectivity index (χ0n) is 8.80. The lowest BCUT2D eigenvalue weighted by Gasteiger charge is -2.25. The molecule has 1 aromatic carbocycles. The van der Waals surface area contributed by atoms with E-state index in [1.165, 1.54) is 0 Å². The van der Waals surface area contributed by atoms with Crippen molar-refractivity contribution >= 4 is 11.6 Å². The number of ether oxygens (including phenoxy) is 1. The van der Waals surface area contributed by atoms with Crippen molar-refractivity contribution in [2.24, 2.45) is 5.73 Å². The van der Waals surface area contributed by atoms with Crippen molar-refractivity contribution in [3.63, 3.8) is 0 Å². The van der Waals surface area contributed by atoms with Crippen LogP contribution in [0.2, 0.25) is 5.02 Å². The van der Waals surface area contributed by atoms with Gasteiger partial charge in [0.15, 0.2) is 0 Å². The van der Waals surface area contributed by atoms with E-state index in [4.69, 9.17) is 22.1 Å². The highest BCUT2D eigenvalue weighted by Crippen LogP contribution is 2.35. The fourth-order valence-corrected chi connectivity index (χ4v) is 1.61. The summed E-state index contributed by atoms with van der Waals surface area (Å²) in [6.45, 7) is 4.02. The maximum atomic E-state index is 6.14. The Morgan fingerprint density at radius 3 is 2.64 bits per heavy atom. The second kappa shape index (κ2) is 4.20. The summed E-state index contributed by atoms with van der Waals surface area (Å²) in [6, 6.07) is 5.64. The molecule has 1 atom stereocenters. The number of para-hydroxylation sites is 1. The Morgan fingerprint density at radius 2 is 2.14 bits per heavy atom. The Balaban J connectivity index is 3.27. The molecule has 0 aliphatic carbocycles. The van der Waals surface area contributed by atoms with Crippen LogP contribution in [0.1, 0.15) is 25.8 Å². The molecule has 0 saturated heterocycles. The molecule has 3 heteroatoms. The van der Waals surface area contributed by atoms with Gasteiger partial charge in [0, 0.05) is 11.1 Å². The standard InChI is InChI=1S/C11H16ClNO/c1-4-11(2,13)8-6-5-7-9(12)10(8)14-3/h5-7H,4,13H2,1-3H3. The van der Waals surface area contributed by atoms with E-state index in [1.54, 1.807) is 13.2 Å². The Hall–Kier alpha value is -0.730. The van der Waals surface area contributed by atoms with E-state index in [2.05, 4.69) is 0 Å². The molecule has 1 aromatic rings. The molecule has 0 saturated carbocycles. The maximum Gasteiger partial charge on any atom is 0.142 e. The fraction of sp³-hybridized carbons (Fsp3) is 0.455. The third-order valence-corrected chi connectivity index (χ3v) is 2.82. The van der Waals surface area contributed by atoms with Crippen molar-refractivity contribution in [3.8, 4) is 5.75 Å². The van der Waals surface area contributed by atoms with Crippen molar-refractivity contribution in [2.75, 3.05) is 7.11 Å². The molecule has 0 aromatic heterocycles. The second-order valence-electron chi connectivity index (χ2n) is 3.59. The third kappa shape index (κ3) is 2.02. The van der Waals surface area contributed by atoms with Gasteiger partial charge in [-0.3, -0.25) is 0 Å². The predicted octanol–water partition coefficient (Wildman–Crippen LogP) is 2.93. The first-order chi connectivity index (χ1) is 6.53. The van der Waals surface area contributed by atoms with Crippen LogP contribution >= 0.6 is 11.6 Å². The summed E-state index contributed by atoms with van der Waals surface area (Å²) in [5.74, 6) is 0.681. The molecular weight excluding hydrogens is 198 g/mol. The van der Waals surface area contributed by atoms with Gasteiger partial charge in [0.1, 0.15) is 5.75 Å². The fourth-order valence-electron chi connectivity index (χ4n) is 1.36. The number of hydrogen-bond donors (Lipinski definition) is 1. The van der Waals surface area contributed by atoms with E-state index < -0.39 is 5.54 Å². The van der Waals surface area contributed by atoms with Gasteiger partial charge in [-0.2, -0.15) is 0 Å². The molecule has 0 radical (unpaired) electrons. The molecule has 0 aliphatic heterocycles. The predicted molar refractivity (Wildman–Crippen MR) is 59.8 cm³/mol. The molecule has 14 heavy (non-hydrogen) atoms. The van der Waals surface area contributed by atoms with E-state index in [1.807, 2.05) is 26.0 Å². The number of nitrogens with two attached hydrogens (primary N) is 1. The van der Waals surface area contributed by atoms with E-state index in [0.717, 1.165) is 12.0 Å². The van der Waals surface area contributed by atoms with E-state index in [0.29, 0.717) is 10.8 Å². The van der Waals surface area contributed by atoms with Crippen LogP contribution in [0.3, 0.4) is 0 Å². The largest absolute Gasteiger partial charge is 0.495 e. The van der Waals surface area contributed by atoms with Gasteiger partial charge in [0.2, 0.25) is 0 Å². The zero-order valence-corrected chi connectivity index (χ0v) is 9.56. The molecule has 1 rings (SSSR count). The Labute approximate surface area is 90.0 Å². The monoisotopic (exact) mass is 213 g/mol. The SMILES string of the molecule is CCC(C)(N)c1cccc(Cl)c1OC. The van der Waals surface area contributed by atoms with Crippen LogP contribution in [0.5, 0.6) is 5.75 Å². The normalized spacial score (nSPS) is 14.9. The van der Waals surface area contributed by atoms with Crippen LogP contribution in [0.25, 0.3) is 0 Å². The molecule has 2 N–H and O–H groups in total. The minimum Gasteiger partial charge on any atom is -0.495 e. The van der Waals surface area contributed by atoms with Crippen LogP contribution in [-0.2, 0) is 5.54 Å². The molecule has 0 fully saturated rings. The Kier molecular flexibility index (Phi) is 3.40. The lowest BCUT2D eigenvalue weighted by atomic mass is 9.90. The van der Waals surface area contributed by atoms with Crippen molar-refractivity contribution in [1.29, 1.82) is 0 Å². The number of benzene rings is 1. The summed E-state index contributed by atoms with van der Waals surface area (Å²) >= 11 is 6.01. The highest BCUT2D eigenvalue weighted by molar-refractivity contribution is 6.32. The topological polar surface area (TPSA) is 35.2 Å². The van der Waals surface area contributed by atoms with E-state index >= 15 is 0 Å². The average molecular weight is 214 g/mol. The number of rotatable bonds is 3. The van der Waals surface area contributed by atoms with E-state index in [-0.39, 0.29) is 0 Å². The first-order valence-electron chi connectivity index (χ1n) is 4.64. The first kappa shape index (κ1) is 11.3. The van der Waals surface area contributed by atoms with Crippen molar-refractivity contribution < 1.29 is 4.74 Å². The van der Waals surface area contributed by atoms with Gasteiger partial charge in [0.25, 0.3) is 0 Å². The quantitative estimate of drug-likeness (QED) is 0.838. The molecule has 0 spiro atoms. The van der Waals surface area contributed by atoms with Crippen LogP contribution < -0.4 is 10.5 Å². The summed E-state index contributed by atoms with van der Waals surface area (Å²) in [7, 11) is 1.61. The highest BCUT2D eigenvalue weighted by Gasteiger charge is 2.23. The van der Waals surface area contributed by atoms with Gasteiger partial charge in [-0.25, -0.2) is 0 Å². The molecule has 2 nitrogen and oxygen atoms in total. The molecular formula is C11H16ClNO. The second-order valence-corrected chi connectivity index (χ2v) is 4.00. The Morgan fingerprint density at radius 1 is 1.50 bits per heavy atom. The number of halogens is 1. The molecule has 78 valence electrons. The van der Waals surface area contributed by atoms with Crippen LogP contribution in [0.15, 0.2) is 18.2 Å². The minimum absolute atomic E-state index is 0.393. The van der Waals surface area contributed by atoms with Crippen LogP contribution in [0, 0.1) is 0 Å². The van der Waals surface area contributed by atoms with Gasteiger partial charge >= 0.3 is 0 Å². The summed E-state index contributed by atoms with van der Waals surface area (Å²) in [6.07, 6.45) is 0.837. The molecule has 0 amide bonds. The molecule has 1 unspecified atom stereocenters. The lowest BCUT2D eigenvalue weighted by Crippen LogP contribution is -2.32. The first-order valence-corrected chi connectivity index (χ1v) is 5.02. The van der Waals surface area contributed by atoms with Crippen LogP contribution in [0.4, 0.5) is 0 Å². The van der Waals surface area contributed by atoms with Gasteiger partial charge in [-0.05, 0) is 19.4 Å². The summed E-state index contributed by atoms with van der Waals surface area (Å²) in [5, 5.41) is 0.607. The van der Waals surface area contributed by atoms with E-state index in [9.17, 15) is 0 Å². The van der Waals surface area contributed by atoms with Crippen molar-refractivity contribution in [2.45, 2.75) is 25.8 Å². The minimum atomic E-state index is -0.393. The van der Waals surface area contributed by atoms with Gasteiger partial charge in [-0.15, -0.1) is 0 Å². The van der Waals surface area contributed by atoms with Crippen molar-refractivity contribution in [3.05, 3.63) is 28.8 Å². The molecule has 0 aliphatic rings. The average Bonchev–Trinajstić information content (AvgIpc) is 2.17. The molecule has 0 heterocycles. The van der Waals surface area contributed by atoms with Gasteiger partial charge < -0.3 is 10.5 Å². The summed E-state index contributed by atoms with van der Waals surface area (Å²) < 4.78 is 5.25. The smallest absolute Gasteiger partial charge is 0.142 e. The highest BCUT2D eigenvalue weighted by atomic mass is 35.5. The lowest BCUT2D eigenvalue weighted by molar-refractivity contribution is 0.383. The summed E-state index contributed by atoms with van der Waals surface area (Å²) in [5.41, 5.74) is 6.71. The molecule has 0 bridgehead atoms. The van der Waals surface area contributed by atoms with Crippen LogP contribution in [-0.4, -0.2) is 7.11 Å². The summed E-state index contributed by atoms with van der Waals surface area (Å²) in [4.78, 5) is 0. The zero-order chi connectivity index (χ0) is 10.8. The van der Waals surface area contributed by atoms with Gasteiger partial charge in [0.05, 0.1) is 12.1 Å². The Bertz CT molecular complexity index is 323.